The van der Waals surface area contributed by atoms with Crippen LogP contribution in [0.3, 0.4) is 0 Å². The third-order valence-corrected chi connectivity index (χ3v) is 6.40. The van der Waals surface area contributed by atoms with Gasteiger partial charge in [-0.05, 0) is 42.9 Å². The number of thioether (sulfide) groups is 2. The molecular weight excluding hydrogens is 400 g/mol. The van der Waals surface area contributed by atoms with Gasteiger partial charge in [-0.1, -0.05) is 31.5 Å². The van der Waals surface area contributed by atoms with E-state index in [1.165, 1.54) is 41.9 Å². The molecule has 0 saturated heterocycles. The van der Waals surface area contributed by atoms with Crippen LogP contribution in [0.5, 0.6) is 5.75 Å². The van der Waals surface area contributed by atoms with Crippen molar-refractivity contribution in [2.24, 2.45) is 0 Å². The molecule has 1 aromatic carbocycles. The first-order valence-corrected chi connectivity index (χ1v) is 11.2. The zero-order chi connectivity index (χ0) is 19.9. The van der Waals surface area contributed by atoms with Crippen LogP contribution in [-0.4, -0.2) is 27.3 Å². The molecule has 28 heavy (non-hydrogen) atoms. The van der Waals surface area contributed by atoms with Crippen LogP contribution in [0, 0.1) is 6.92 Å². The number of benzene rings is 1. The molecular formula is C20H23F2N3OS2. The molecule has 3 rings (SSSR count). The average molecular weight is 424 g/mol. The Morgan fingerprint density at radius 1 is 1.18 bits per heavy atom. The van der Waals surface area contributed by atoms with Gasteiger partial charge in [0.25, 0.3) is 0 Å². The van der Waals surface area contributed by atoms with E-state index in [2.05, 4.69) is 39.6 Å². The van der Waals surface area contributed by atoms with E-state index in [0.717, 1.165) is 22.1 Å². The van der Waals surface area contributed by atoms with Crippen LogP contribution < -0.4 is 4.74 Å². The minimum Gasteiger partial charge on any atom is -0.435 e. The lowest BCUT2D eigenvalue weighted by Gasteiger charge is -2.09. The van der Waals surface area contributed by atoms with Crippen LogP contribution in [0.2, 0.25) is 0 Å². The van der Waals surface area contributed by atoms with Crippen molar-refractivity contribution in [1.29, 1.82) is 0 Å². The Morgan fingerprint density at radius 2 is 2.04 bits per heavy atom. The highest BCUT2D eigenvalue weighted by Gasteiger charge is 2.11. The molecule has 150 valence electrons. The van der Waals surface area contributed by atoms with E-state index in [1.54, 1.807) is 17.8 Å². The number of unbranched alkanes of at least 4 members (excludes halogenated alkanes) is 2. The van der Waals surface area contributed by atoms with Crippen molar-refractivity contribution in [2.75, 3.05) is 5.75 Å². The topological polar surface area (TPSA) is 50.8 Å². The van der Waals surface area contributed by atoms with E-state index in [0.29, 0.717) is 11.3 Å². The van der Waals surface area contributed by atoms with Crippen molar-refractivity contribution >= 4 is 34.6 Å². The summed E-state index contributed by atoms with van der Waals surface area (Å²) < 4.78 is 29.1. The first kappa shape index (κ1) is 20.9. The Balaban J connectivity index is 1.65. The second-order valence-electron chi connectivity index (χ2n) is 6.32. The third-order valence-electron chi connectivity index (χ3n) is 4.27. The minimum atomic E-state index is -2.84. The van der Waals surface area contributed by atoms with Crippen molar-refractivity contribution < 1.29 is 13.5 Å². The van der Waals surface area contributed by atoms with Gasteiger partial charge in [-0.3, -0.25) is 4.98 Å². The summed E-state index contributed by atoms with van der Waals surface area (Å²) in [5, 5.41) is 0.728. The van der Waals surface area contributed by atoms with Gasteiger partial charge in [-0.15, -0.1) is 11.8 Å². The van der Waals surface area contributed by atoms with Crippen LogP contribution in [0.4, 0.5) is 8.78 Å². The van der Waals surface area contributed by atoms with Gasteiger partial charge in [-0.2, -0.15) is 8.78 Å². The largest absolute Gasteiger partial charge is 0.435 e. The van der Waals surface area contributed by atoms with E-state index >= 15 is 0 Å². The van der Waals surface area contributed by atoms with Crippen molar-refractivity contribution in [2.45, 2.75) is 55.5 Å². The van der Waals surface area contributed by atoms with E-state index in [-0.39, 0.29) is 5.75 Å². The van der Waals surface area contributed by atoms with E-state index in [9.17, 15) is 8.78 Å². The molecule has 0 aliphatic heterocycles. The van der Waals surface area contributed by atoms with Gasteiger partial charge in [0.05, 0.1) is 16.7 Å². The summed E-state index contributed by atoms with van der Waals surface area (Å²) in [7, 11) is 0. The number of nitrogens with one attached hydrogen (secondary N) is 1. The number of fused-ring (bicyclic) bond motifs is 1. The van der Waals surface area contributed by atoms with Gasteiger partial charge in [-0.25, -0.2) is 4.98 Å². The maximum atomic E-state index is 12.4. The Morgan fingerprint density at radius 3 is 2.82 bits per heavy atom. The normalized spacial score (nSPS) is 11.5. The van der Waals surface area contributed by atoms with Crippen LogP contribution in [0.15, 0.2) is 40.5 Å². The molecule has 3 aromatic rings. The van der Waals surface area contributed by atoms with Gasteiger partial charge in [0.1, 0.15) is 5.75 Å². The van der Waals surface area contributed by atoms with Gasteiger partial charge < -0.3 is 9.72 Å². The van der Waals surface area contributed by atoms with Crippen molar-refractivity contribution in [1.82, 2.24) is 15.0 Å². The van der Waals surface area contributed by atoms with Crippen LogP contribution in [0.1, 0.15) is 37.4 Å². The Hall–Kier alpha value is -1.80. The molecule has 0 spiro atoms. The fraction of sp³-hybridized carbons (Fsp3) is 0.400. The highest BCUT2D eigenvalue weighted by molar-refractivity contribution is 7.99. The summed E-state index contributed by atoms with van der Waals surface area (Å²) in [4.78, 5) is 13.5. The second-order valence-corrected chi connectivity index (χ2v) is 8.43. The molecule has 0 unspecified atom stereocenters. The van der Waals surface area contributed by atoms with Gasteiger partial charge in [0, 0.05) is 22.9 Å². The molecule has 0 saturated carbocycles. The third kappa shape index (κ3) is 5.61. The number of aromatic nitrogens is 3. The number of pyridine rings is 1. The predicted molar refractivity (Wildman–Crippen MR) is 112 cm³/mol. The van der Waals surface area contributed by atoms with Crippen molar-refractivity contribution in [3.8, 4) is 5.75 Å². The number of H-pyrrole nitrogens is 1. The number of halogens is 2. The fourth-order valence-corrected chi connectivity index (χ4v) is 4.71. The number of ether oxygens (including phenoxy) is 1. The van der Waals surface area contributed by atoms with Crippen LogP contribution >= 0.6 is 23.5 Å². The molecule has 0 atom stereocenters. The fourth-order valence-electron chi connectivity index (χ4n) is 2.74. The first-order chi connectivity index (χ1) is 13.6. The predicted octanol–water partition coefficient (Wildman–Crippen LogP) is 6.44. The van der Waals surface area contributed by atoms with Crippen LogP contribution in [0.25, 0.3) is 11.0 Å². The zero-order valence-electron chi connectivity index (χ0n) is 15.9. The smallest absolute Gasteiger partial charge is 0.387 e. The Labute approximate surface area is 171 Å². The lowest BCUT2D eigenvalue weighted by Crippen LogP contribution is -2.01. The lowest BCUT2D eigenvalue weighted by atomic mass is 10.2. The lowest BCUT2D eigenvalue weighted by molar-refractivity contribution is -0.0497. The molecule has 0 bridgehead atoms. The summed E-state index contributed by atoms with van der Waals surface area (Å²) in [6.45, 7) is 1.48. The molecule has 2 aromatic heterocycles. The van der Waals surface area contributed by atoms with E-state index in [4.69, 9.17) is 0 Å². The van der Waals surface area contributed by atoms with Crippen molar-refractivity contribution in [3.05, 3.63) is 41.7 Å². The standard InChI is InChI=1S/C20H23F2N3OS2/c1-3-4-5-10-27-18-8-9-23-17(13(18)2)12-28-20-24-15-7-6-14(26-19(21)22)11-16(15)25-20/h6-9,11,19H,3-5,10,12H2,1-2H3,(H,24,25). The van der Waals surface area contributed by atoms with Gasteiger partial charge in [0.15, 0.2) is 5.16 Å². The Kier molecular flexibility index (Phi) is 7.56. The number of hydrogen-bond donors (Lipinski definition) is 1. The maximum absolute atomic E-state index is 12.4. The first-order valence-electron chi connectivity index (χ1n) is 9.21. The van der Waals surface area contributed by atoms with Gasteiger partial charge >= 0.3 is 6.61 Å². The minimum absolute atomic E-state index is 0.107. The molecule has 4 nitrogen and oxygen atoms in total. The number of hydrogen-bond acceptors (Lipinski definition) is 5. The summed E-state index contributed by atoms with van der Waals surface area (Å²) >= 11 is 3.43. The SMILES string of the molecule is CCCCCSc1ccnc(CSc2nc3cc(OC(F)F)ccc3[nH]2)c1C. The maximum Gasteiger partial charge on any atom is 0.387 e. The number of nitrogens with zero attached hydrogens (tertiary/aromatic N) is 2. The highest BCUT2D eigenvalue weighted by atomic mass is 32.2. The molecule has 0 radical (unpaired) electrons. The van der Waals surface area contributed by atoms with Crippen LogP contribution in [-0.2, 0) is 5.75 Å². The quantitative estimate of drug-likeness (QED) is 0.300. The zero-order valence-corrected chi connectivity index (χ0v) is 17.5. The number of imidazole rings is 1. The number of rotatable bonds is 10. The summed E-state index contributed by atoms with van der Waals surface area (Å²) in [5.74, 6) is 1.92. The number of aromatic amines is 1. The van der Waals surface area contributed by atoms with Gasteiger partial charge in [0.2, 0.25) is 0 Å². The monoisotopic (exact) mass is 423 g/mol. The summed E-state index contributed by atoms with van der Waals surface area (Å²) in [6, 6.07) is 6.79. The molecule has 0 aliphatic rings. The molecule has 0 amide bonds. The highest BCUT2D eigenvalue weighted by Crippen LogP contribution is 2.29. The number of alkyl halides is 2. The Bertz CT molecular complexity index is 918. The second kappa shape index (κ2) is 10.1. The molecule has 1 N–H and O–H groups in total. The molecule has 0 fully saturated rings. The summed E-state index contributed by atoms with van der Waals surface area (Å²) in [5.41, 5.74) is 3.63. The average Bonchev–Trinajstić information content (AvgIpc) is 3.07. The molecule has 2 heterocycles. The van der Waals surface area contributed by atoms with Crippen molar-refractivity contribution in [3.63, 3.8) is 0 Å². The molecule has 8 heteroatoms. The summed E-state index contributed by atoms with van der Waals surface area (Å²) in [6.07, 6.45) is 5.57. The van der Waals surface area contributed by atoms with E-state index in [1.807, 2.05) is 18.0 Å². The van der Waals surface area contributed by atoms with E-state index < -0.39 is 6.61 Å². The molecule has 0 aliphatic carbocycles.